The summed E-state index contributed by atoms with van der Waals surface area (Å²) in [7, 11) is -1.55. The molecule has 0 aliphatic heterocycles. The molecule has 0 aromatic carbocycles. The molecular weight excluding hydrogens is 292 g/mol. The van der Waals surface area contributed by atoms with E-state index in [4.69, 9.17) is 4.43 Å². The smallest absolute Gasteiger partial charge is 0.191 e. The summed E-state index contributed by atoms with van der Waals surface area (Å²) in [6.45, 7) is 18.7. The van der Waals surface area contributed by atoms with Crippen molar-refractivity contribution in [2.75, 3.05) is 11.9 Å². The van der Waals surface area contributed by atoms with Crippen molar-refractivity contribution in [3.63, 3.8) is 0 Å². The molecule has 0 heterocycles. The van der Waals surface area contributed by atoms with Gasteiger partial charge >= 0.3 is 0 Å². The number of halogens is 1. The third-order valence-electron chi connectivity index (χ3n) is 3.71. The van der Waals surface area contributed by atoms with Gasteiger partial charge in [0.15, 0.2) is 8.32 Å². The Morgan fingerprint density at radius 1 is 1.35 bits per heavy atom. The largest absolute Gasteiger partial charge is 0.417 e. The molecular formula is C14H29BrOSi. The molecule has 0 aliphatic rings. The normalized spacial score (nSPS) is 14.8. The third kappa shape index (κ3) is 6.78. The average molecular weight is 321 g/mol. The molecule has 1 atom stereocenters. The first-order valence-electron chi connectivity index (χ1n) is 6.46. The first-order chi connectivity index (χ1) is 7.60. The van der Waals surface area contributed by atoms with Crippen LogP contribution in [-0.2, 0) is 4.43 Å². The second-order valence-corrected chi connectivity index (χ2v) is 12.0. The van der Waals surface area contributed by atoms with E-state index in [-0.39, 0.29) is 0 Å². The highest BCUT2D eigenvalue weighted by Gasteiger charge is 2.36. The molecule has 1 nitrogen and oxygen atoms in total. The second kappa shape index (κ2) is 7.10. The summed E-state index contributed by atoms with van der Waals surface area (Å²) in [5, 5.41) is 1.23. The Morgan fingerprint density at radius 3 is 2.29 bits per heavy atom. The maximum atomic E-state index is 6.18. The van der Waals surface area contributed by atoms with Crippen LogP contribution in [0.15, 0.2) is 12.2 Å². The van der Waals surface area contributed by atoms with Gasteiger partial charge in [-0.2, -0.15) is 0 Å². The zero-order valence-corrected chi connectivity index (χ0v) is 15.0. The van der Waals surface area contributed by atoms with Gasteiger partial charge in [0, 0.05) is 11.9 Å². The lowest BCUT2D eigenvalue weighted by molar-refractivity contribution is 0.260. The molecule has 3 heteroatoms. The minimum Gasteiger partial charge on any atom is -0.417 e. The first kappa shape index (κ1) is 17.4. The second-order valence-electron chi connectivity index (χ2n) is 6.59. The number of rotatable bonds is 7. The van der Waals surface area contributed by atoms with E-state index in [0.29, 0.717) is 11.0 Å². The van der Waals surface area contributed by atoms with Crippen LogP contribution in [0.4, 0.5) is 0 Å². The van der Waals surface area contributed by atoms with Gasteiger partial charge in [-0.25, -0.2) is 0 Å². The number of allylic oxidation sites excluding steroid dienone is 1. The molecule has 0 saturated carbocycles. The first-order valence-corrected chi connectivity index (χ1v) is 10.5. The quantitative estimate of drug-likeness (QED) is 0.348. The number of hydrogen-bond donors (Lipinski definition) is 0. The van der Waals surface area contributed by atoms with E-state index >= 15 is 0 Å². The van der Waals surface area contributed by atoms with Gasteiger partial charge in [0.2, 0.25) is 0 Å². The monoisotopic (exact) mass is 320 g/mol. The van der Waals surface area contributed by atoms with Crippen LogP contribution in [0, 0.1) is 5.92 Å². The van der Waals surface area contributed by atoms with Gasteiger partial charge in [-0.05, 0) is 36.9 Å². The van der Waals surface area contributed by atoms with E-state index in [9.17, 15) is 0 Å². The summed E-state index contributed by atoms with van der Waals surface area (Å²) >= 11 is 3.45. The van der Waals surface area contributed by atoms with Crippen molar-refractivity contribution in [2.45, 2.75) is 58.7 Å². The van der Waals surface area contributed by atoms with Gasteiger partial charge < -0.3 is 4.43 Å². The average Bonchev–Trinajstić information content (AvgIpc) is 2.15. The molecule has 0 aromatic heterocycles. The molecule has 17 heavy (non-hydrogen) atoms. The van der Waals surface area contributed by atoms with Crippen molar-refractivity contribution in [1.29, 1.82) is 0 Å². The van der Waals surface area contributed by atoms with Gasteiger partial charge in [0.1, 0.15) is 0 Å². The van der Waals surface area contributed by atoms with Crippen LogP contribution in [-0.4, -0.2) is 20.3 Å². The fraction of sp³-hybridized carbons (Fsp3) is 0.857. The summed E-state index contributed by atoms with van der Waals surface area (Å²) in [5.41, 5.74) is 1.28. The van der Waals surface area contributed by atoms with Crippen LogP contribution in [0.25, 0.3) is 0 Å². The molecule has 0 N–H and O–H groups in total. The lowest BCUT2D eigenvalue weighted by Crippen LogP contribution is -2.41. The summed E-state index contributed by atoms with van der Waals surface area (Å²) in [6, 6.07) is 0. The van der Waals surface area contributed by atoms with E-state index in [1.54, 1.807) is 0 Å². The molecule has 0 saturated heterocycles. The summed E-state index contributed by atoms with van der Waals surface area (Å²) in [6.07, 6.45) is 2.24. The minimum atomic E-state index is -1.55. The van der Waals surface area contributed by atoms with E-state index in [1.807, 2.05) is 0 Å². The Kier molecular flexibility index (Phi) is 7.27. The molecule has 0 radical (unpaired) electrons. The van der Waals surface area contributed by atoms with Crippen LogP contribution in [0.5, 0.6) is 0 Å². The maximum absolute atomic E-state index is 6.18. The van der Waals surface area contributed by atoms with Crippen LogP contribution in [0.3, 0.4) is 0 Å². The highest BCUT2D eigenvalue weighted by Crippen LogP contribution is 2.36. The van der Waals surface area contributed by atoms with Gasteiger partial charge in [-0.1, -0.05) is 55.8 Å². The topological polar surface area (TPSA) is 9.23 Å². The number of alkyl halides is 1. The SMILES string of the molecule is C=C(CBr)C[C@@H](C)CCO[Si](C)(C)C(C)(C)C. The maximum Gasteiger partial charge on any atom is 0.191 e. The predicted octanol–water partition coefficient (Wildman–Crippen LogP) is 5.38. The van der Waals surface area contributed by atoms with Crippen molar-refractivity contribution in [3.8, 4) is 0 Å². The summed E-state index contributed by atoms with van der Waals surface area (Å²) < 4.78 is 6.18. The predicted molar refractivity (Wildman–Crippen MR) is 84.5 cm³/mol. The van der Waals surface area contributed by atoms with Crippen LogP contribution in [0.2, 0.25) is 18.1 Å². The molecule has 102 valence electrons. The molecule has 0 unspecified atom stereocenters. The molecule has 0 spiro atoms. The molecule has 0 fully saturated rings. The van der Waals surface area contributed by atoms with E-state index in [1.165, 1.54) is 5.57 Å². The van der Waals surface area contributed by atoms with Gasteiger partial charge in [-0.15, -0.1) is 0 Å². The van der Waals surface area contributed by atoms with Crippen molar-refractivity contribution < 1.29 is 4.43 Å². The molecule has 0 aliphatic carbocycles. The lowest BCUT2D eigenvalue weighted by atomic mass is 10.0. The Bertz CT molecular complexity index is 243. The Balaban J connectivity index is 3.95. The highest BCUT2D eigenvalue weighted by atomic mass is 79.9. The minimum absolute atomic E-state index is 0.315. The van der Waals surface area contributed by atoms with Crippen molar-refractivity contribution in [1.82, 2.24) is 0 Å². The Labute approximate surface area is 117 Å². The lowest BCUT2D eigenvalue weighted by Gasteiger charge is -2.36. The zero-order valence-electron chi connectivity index (χ0n) is 12.4. The van der Waals surface area contributed by atoms with Crippen molar-refractivity contribution >= 4 is 24.2 Å². The standard InChI is InChI=1S/C14H29BrOSi/c1-12(10-13(2)11-15)8-9-16-17(6,7)14(3,4)5/h12H,2,8-11H2,1,3-7H3/t12-/m0/s1. The highest BCUT2D eigenvalue weighted by molar-refractivity contribution is 9.09. The van der Waals surface area contributed by atoms with Crippen LogP contribution < -0.4 is 0 Å². The Morgan fingerprint density at radius 2 is 1.88 bits per heavy atom. The summed E-state index contributed by atoms with van der Waals surface area (Å²) in [4.78, 5) is 0. The van der Waals surface area contributed by atoms with Gasteiger partial charge in [-0.3, -0.25) is 0 Å². The van der Waals surface area contributed by atoms with E-state index in [0.717, 1.165) is 24.8 Å². The molecule has 0 rings (SSSR count). The summed E-state index contributed by atoms with van der Waals surface area (Å²) in [5.74, 6) is 0.671. The molecule has 0 aromatic rings. The van der Waals surface area contributed by atoms with E-state index in [2.05, 4.69) is 63.3 Å². The molecule has 0 bridgehead atoms. The fourth-order valence-corrected chi connectivity index (χ4v) is 2.67. The Hall–Kier alpha value is 0.397. The fourth-order valence-electron chi connectivity index (χ4n) is 1.38. The molecule has 0 amide bonds. The third-order valence-corrected chi connectivity index (χ3v) is 9.04. The number of hydrogen-bond acceptors (Lipinski definition) is 1. The van der Waals surface area contributed by atoms with Crippen molar-refractivity contribution in [2.24, 2.45) is 5.92 Å². The van der Waals surface area contributed by atoms with E-state index < -0.39 is 8.32 Å². The van der Waals surface area contributed by atoms with Gasteiger partial charge in [0.05, 0.1) is 0 Å². The zero-order chi connectivity index (χ0) is 13.7. The van der Waals surface area contributed by atoms with Crippen LogP contribution >= 0.6 is 15.9 Å². The van der Waals surface area contributed by atoms with Gasteiger partial charge in [0.25, 0.3) is 0 Å². The van der Waals surface area contributed by atoms with Crippen molar-refractivity contribution in [3.05, 3.63) is 12.2 Å². The van der Waals surface area contributed by atoms with Crippen LogP contribution in [0.1, 0.15) is 40.5 Å².